The van der Waals surface area contributed by atoms with Crippen molar-refractivity contribution >= 4 is 11.3 Å². The van der Waals surface area contributed by atoms with Gasteiger partial charge in [-0.2, -0.15) is 5.10 Å². The lowest BCUT2D eigenvalue weighted by Crippen LogP contribution is -2.42. The van der Waals surface area contributed by atoms with Crippen LogP contribution in [0, 0.1) is 12.7 Å². The van der Waals surface area contributed by atoms with Crippen molar-refractivity contribution < 1.29 is 13.9 Å². The van der Waals surface area contributed by atoms with Crippen LogP contribution < -0.4 is 16.0 Å². The van der Waals surface area contributed by atoms with E-state index in [1.165, 1.54) is 22.9 Å². The van der Waals surface area contributed by atoms with E-state index >= 15 is 0 Å². The topological polar surface area (TPSA) is 105 Å². The van der Waals surface area contributed by atoms with Gasteiger partial charge < -0.3 is 9.30 Å². The minimum Gasteiger partial charge on any atom is -0.455 e. The molecule has 222 valence electrons. The summed E-state index contributed by atoms with van der Waals surface area (Å²) in [5, 5.41) is 4.37. The number of halogens is 1. The van der Waals surface area contributed by atoms with Gasteiger partial charge in [0.05, 0.1) is 23.9 Å². The second-order valence-electron chi connectivity index (χ2n) is 10.9. The van der Waals surface area contributed by atoms with Crippen LogP contribution >= 0.6 is 0 Å². The van der Waals surface area contributed by atoms with Gasteiger partial charge in [-0.25, -0.2) is 23.3 Å². The Kier molecular flexibility index (Phi) is 7.30. The Hall–Kier alpha value is -5.58. The number of hydrogen-bond donors (Lipinski definition) is 0. The summed E-state index contributed by atoms with van der Waals surface area (Å²) in [5.74, 6) is 0.234. The van der Waals surface area contributed by atoms with Gasteiger partial charge in [0.25, 0.3) is 5.56 Å². The van der Waals surface area contributed by atoms with Crippen molar-refractivity contribution in [1.82, 2.24) is 28.3 Å². The van der Waals surface area contributed by atoms with E-state index in [9.17, 15) is 18.8 Å². The lowest BCUT2D eigenvalue weighted by atomic mass is 10.0. The molecule has 0 bridgehead atoms. The van der Waals surface area contributed by atoms with Crippen molar-refractivity contribution in [1.29, 1.82) is 0 Å². The lowest BCUT2D eigenvalue weighted by molar-refractivity contribution is 0.0990. The number of rotatable bonds is 8. The Labute approximate surface area is 251 Å². The van der Waals surface area contributed by atoms with E-state index in [1.807, 2.05) is 49.1 Å². The molecule has 6 aromatic rings. The van der Waals surface area contributed by atoms with Crippen molar-refractivity contribution in [3.05, 3.63) is 129 Å². The second kappa shape index (κ2) is 11.3. The molecule has 4 aromatic heterocycles. The maximum Gasteiger partial charge on any atom is 0.335 e. The quantitative estimate of drug-likeness (QED) is 0.222. The molecule has 44 heavy (non-hydrogen) atoms. The summed E-state index contributed by atoms with van der Waals surface area (Å²) in [6, 6.07) is 13.8. The number of nitrogens with zero attached hydrogens (tertiary/aromatic N) is 6. The summed E-state index contributed by atoms with van der Waals surface area (Å²) in [7, 11) is 1.90. The standard InChI is InChI=1S/C33H29FN6O4/c1-20(2)38-17-26(32(42)40(33(38)43)25-8-6-24(34)7-9-25)29(41)14-22-5-10-30(21(3)13-22)44-31-15-23(27-18-37(4)19-35-27)16-39-28(31)11-12-36-39/h5-13,15-20H,14H2,1-4H3. The highest BCUT2D eigenvalue weighted by Crippen LogP contribution is 2.32. The van der Waals surface area contributed by atoms with E-state index in [0.29, 0.717) is 17.1 Å². The Morgan fingerprint density at radius 2 is 1.75 bits per heavy atom. The minimum absolute atomic E-state index is 0.0713. The molecule has 0 aliphatic heterocycles. The number of hydrogen-bond acceptors (Lipinski definition) is 6. The zero-order chi connectivity index (χ0) is 31.1. The number of fused-ring (bicyclic) bond motifs is 1. The summed E-state index contributed by atoms with van der Waals surface area (Å²) in [6.07, 6.45) is 8.46. The molecule has 0 unspecified atom stereocenters. The van der Waals surface area contributed by atoms with E-state index in [2.05, 4.69) is 10.1 Å². The fourth-order valence-corrected chi connectivity index (χ4v) is 5.07. The van der Waals surface area contributed by atoms with Gasteiger partial charge in [0.15, 0.2) is 11.5 Å². The lowest BCUT2D eigenvalue weighted by Gasteiger charge is -2.16. The third kappa shape index (κ3) is 5.35. The Balaban J connectivity index is 1.30. The molecule has 11 heteroatoms. The molecule has 0 saturated heterocycles. The second-order valence-corrected chi connectivity index (χ2v) is 10.9. The van der Waals surface area contributed by atoms with Crippen molar-refractivity contribution in [2.75, 3.05) is 0 Å². The number of pyridine rings is 1. The largest absolute Gasteiger partial charge is 0.455 e. The predicted molar refractivity (Wildman–Crippen MR) is 163 cm³/mol. The fraction of sp³-hybridized carbons (Fsp3) is 0.182. The molecular weight excluding hydrogens is 563 g/mol. The average Bonchev–Trinajstić information content (AvgIpc) is 3.64. The van der Waals surface area contributed by atoms with Gasteiger partial charge in [-0.15, -0.1) is 0 Å². The summed E-state index contributed by atoms with van der Waals surface area (Å²) in [4.78, 5) is 44.5. The molecule has 6 rings (SSSR count). The first-order valence-corrected chi connectivity index (χ1v) is 14.0. The first-order chi connectivity index (χ1) is 21.1. The molecule has 0 saturated carbocycles. The zero-order valence-corrected chi connectivity index (χ0v) is 24.6. The number of ether oxygens (including phenoxy) is 1. The zero-order valence-electron chi connectivity index (χ0n) is 24.6. The molecule has 0 spiro atoms. The van der Waals surface area contributed by atoms with Gasteiger partial charge in [-0.1, -0.05) is 12.1 Å². The average molecular weight is 593 g/mol. The van der Waals surface area contributed by atoms with Crippen LogP contribution in [0.1, 0.15) is 41.4 Å². The van der Waals surface area contributed by atoms with E-state index in [0.717, 1.165) is 39.0 Å². The molecule has 10 nitrogen and oxygen atoms in total. The molecular formula is C33H29FN6O4. The van der Waals surface area contributed by atoms with Crippen LogP contribution in [0.3, 0.4) is 0 Å². The Morgan fingerprint density at radius 3 is 2.43 bits per heavy atom. The molecule has 4 heterocycles. The number of aromatic nitrogens is 6. The Morgan fingerprint density at radius 1 is 0.977 bits per heavy atom. The number of carbonyl (C=O) groups excluding carboxylic acids is 1. The van der Waals surface area contributed by atoms with E-state index < -0.39 is 22.8 Å². The van der Waals surface area contributed by atoms with Gasteiger partial charge in [0.1, 0.15) is 22.6 Å². The monoisotopic (exact) mass is 592 g/mol. The van der Waals surface area contributed by atoms with Gasteiger partial charge in [-0.3, -0.25) is 14.2 Å². The van der Waals surface area contributed by atoms with Gasteiger partial charge in [-0.05, 0) is 74.4 Å². The number of benzene rings is 2. The van der Waals surface area contributed by atoms with Gasteiger partial charge >= 0.3 is 5.69 Å². The highest BCUT2D eigenvalue weighted by atomic mass is 19.1. The van der Waals surface area contributed by atoms with E-state index in [4.69, 9.17) is 4.74 Å². The smallest absolute Gasteiger partial charge is 0.335 e. The SMILES string of the molecule is Cc1cc(CC(=O)c2cn(C(C)C)c(=O)n(-c3ccc(F)cc3)c2=O)ccc1Oc1cc(-c2cn(C)cn2)cn2nccc12. The van der Waals surface area contributed by atoms with Crippen molar-refractivity contribution in [2.24, 2.45) is 7.05 Å². The van der Waals surface area contributed by atoms with E-state index in [1.54, 1.807) is 43.0 Å². The predicted octanol–water partition coefficient (Wildman–Crippen LogP) is 5.29. The van der Waals surface area contributed by atoms with Crippen molar-refractivity contribution in [3.8, 4) is 28.4 Å². The van der Waals surface area contributed by atoms with Crippen LogP contribution in [0.5, 0.6) is 11.5 Å². The van der Waals surface area contributed by atoms with Gasteiger partial charge in [0.2, 0.25) is 0 Å². The van der Waals surface area contributed by atoms with Gasteiger partial charge in [0, 0.05) is 43.7 Å². The molecule has 0 fully saturated rings. The van der Waals surface area contributed by atoms with E-state index in [-0.39, 0.29) is 23.7 Å². The molecule has 0 aliphatic carbocycles. The number of Topliss-reactive ketones (excluding diaryl/α,β-unsaturated/α-hetero) is 1. The summed E-state index contributed by atoms with van der Waals surface area (Å²) >= 11 is 0. The van der Waals surface area contributed by atoms with Crippen LogP contribution in [0.25, 0.3) is 22.5 Å². The first kappa shape index (κ1) is 28.5. The molecule has 0 radical (unpaired) electrons. The number of carbonyl (C=O) groups is 1. The minimum atomic E-state index is -0.752. The van der Waals surface area contributed by atoms with Crippen molar-refractivity contribution in [3.63, 3.8) is 0 Å². The third-order valence-electron chi connectivity index (χ3n) is 7.35. The maximum absolute atomic E-state index is 13.5. The number of aryl methyl sites for hydroxylation is 2. The number of imidazole rings is 1. The highest BCUT2D eigenvalue weighted by Gasteiger charge is 2.21. The van der Waals surface area contributed by atoms with Crippen molar-refractivity contribution in [2.45, 2.75) is 33.2 Å². The molecule has 0 N–H and O–H groups in total. The molecule has 2 aromatic carbocycles. The van der Waals surface area contributed by atoms with Crippen LogP contribution in [0.2, 0.25) is 0 Å². The maximum atomic E-state index is 13.5. The first-order valence-electron chi connectivity index (χ1n) is 14.0. The summed E-state index contributed by atoms with van der Waals surface area (Å²) in [5.41, 5.74) is 2.55. The number of ketones is 1. The van der Waals surface area contributed by atoms with Crippen LogP contribution in [-0.4, -0.2) is 34.1 Å². The highest BCUT2D eigenvalue weighted by molar-refractivity contribution is 5.97. The third-order valence-corrected chi connectivity index (χ3v) is 7.35. The fourth-order valence-electron chi connectivity index (χ4n) is 5.07. The summed E-state index contributed by atoms with van der Waals surface area (Å²) in [6.45, 7) is 5.43. The van der Waals surface area contributed by atoms with Crippen LogP contribution in [0.15, 0.2) is 95.3 Å². The summed E-state index contributed by atoms with van der Waals surface area (Å²) < 4.78 is 25.7. The van der Waals surface area contributed by atoms with Crippen LogP contribution in [-0.2, 0) is 13.5 Å². The Bertz CT molecular complexity index is 2150. The molecule has 0 atom stereocenters. The molecule has 0 amide bonds. The normalized spacial score (nSPS) is 11.4. The van der Waals surface area contributed by atoms with Crippen LogP contribution in [0.4, 0.5) is 4.39 Å². The molecule has 0 aliphatic rings.